The highest BCUT2D eigenvalue weighted by molar-refractivity contribution is 7.11. The minimum atomic E-state index is -0.371. The van der Waals surface area contributed by atoms with Gasteiger partial charge in [0.05, 0.1) is 10.6 Å². The molecule has 0 N–H and O–H groups in total. The predicted molar refractivity (Wildman–Crippen MR) is 69.0 cm³/mol. The zero-order valence-electron chi connectivity index (χ0n) is 8.65. The van der Waals surface area contributed by atoms with Gasteiger partial charge in [-0.05, 0) is 29.1 Å². The van der Waals surface area contributed by atoms with Crippen molar-refractivity contribution in [2.75, 3.05) is 0 Å². The van der Waals surface area contributed by atoms with Crippen LogP contribution in [-0.4, -0.2) is 0 Å². The summed E-state index contributed by atoms with van der Waals surface area (Å²) in [5, 5.41) is 11.3. The number of allylic oxidation sites excluding steroid dienone is 1. The largest absolute Gasteiger partial charge is 0.207 e. The normalized spacial score (nSPS) is 11.8. The van der Waals surface area contributed by atoms with E-state index in [0.29, 0.717) is 11.1 Å². The van der Waals surface area contributed by atoms with E-state index in [-0.39, 0.29) is 10.8 Å². The number of benzene rings is 1. The molecular formula is C13H7ClFNS. The van der Waals surface area contributed by atoms with Crippen molar-refractivity contribution in [1.82, 2.24) is 0 Å². The Morgan fingerprint density at radius 1 is 1.29 bits per heavy atom. The molecule has 0 saturated carbocycles. The van der Waals surface area contributed by atoms with E-state index in [9.17, 15) is 4.39 Å². The summed E-state index contributed by atoms with van der Waals surface area (Å²) >= 11 is 7.56. The number of hydrogen-bond acceptors (Lipinski definition) is 2. The van der Waals surface area contributed by atoms with Gasteiger partial charge in [-0.25, -0.2) is 4.39 Å². The van der Waals surface area contributed by atoms with Crippen molar-refractivity contribution < 1.29 is 4.39 Å². The lowest BCUT2D eigenvalue weighted by atomic mass is 10.1. The lowest BCUT2D eigenvalue weighted by Crippen LogP contribution is -1.84. The SMILES string of the molecule is N#CC(=C(Cl)c1cccc(F)c1)c1cccs1. The summed E-state index contributed by atoms with van der Waals surface area (Å²) in [6.45, 7) is 0. The molecule has 1 nitrogen and oxygen atoms in total. The van der Waals surface area contributed by atoms with Crippen molar-refractivity contribution in [2.45, 2.75) is 0 Å². The van der Waals surface area contributed by atoms with Crippen LogP contribution in [0.2, 0.25) is 0 Å². The highest BCUT2D eigenvalue weighted by Gasteiger charge is 2.10. The molecule has 0 amide bonds. The van der Waals surface area contributed by atoms with Crippen LogP contribution < -0.4 is 0 Å². The standard InChI is InChI=1S/C13H7ClFNS/c14-13(9-3-1-4-10(15)7-9)11(8-16)12-5-2-6-17-12/h1-7H. The fourth-order valence-corrected chi connectivity index (χ4v) is 2.45. The van der Waals surface area contributed by atoms with E-state index in [0.717, 1.165) is 4.88 Å². The molecule has 1 aromatic carbocycles. The Kier molecular flexibility index (Phi) is 3.58. The fourth-order valence-electron chi connectivity index (χ4n) is 1.40. The maximum Gasteiger partial charge on any atom is 0.123 e. The minimum absolute atomic E-state index is 0.273. The van der Waals surface area contributed by atoms with E-state index in [4.69, 9.17) is 16.9 Å². The topological polar surface area (TPSA) is 23.8 Å². The van der Waals surface area contributed by atoms with Crippen LogP contribution in [0, 0.1) is 17.1 Å². The molecule has 4 heteroatoms. The number of thiophene rings is 1. The molecule has 0 fully saturated rings. The van der Waals surface area contributed by atoms with E-state index in [1.807, 2.05) is 17.5 Å². The van der Waals surface area contributed by atoms with Crippen LogP contribution in [0.15, 0.2) is 41.8 Å². The zero-order chi connectivity index (χ0) is 12.3. The van der Waals surface area contributed by atoms with Crippen molar-refractivity contribution in [1.29, 1.82) is 5.26 Å². The predicted octanol–water partition coefficient (Wildman–Crippen LogP) is 4.52. The van der Waals surface area contributed by atoms with E-state index < -0.39 is 0 Å². The monoisotopic (exact) mass is 263 g/mol. The van der Waals surface area contributed by atoms with Gasteiger partial charge < -0.3 is 0 Å². The number of rotatable bonds is 2. The first-order valence-corrected chi connectivity index (χ1v) is 6.08. The second kappa shape index (κ2) is 5.13. The van der Waals surface area contributed by atoms with E-state index in [1.165, 1.54) is 23.5 Å². The lowest BCUT2D eigenvalue weighted by Gasteiger charge is -2.02. The molecule has 1 heterocycles. The second-order valence-corrected chi connectivity index (χ2v) is 4.61. The van der Waals surface area contributed by atoms with Gasteiger partial charge in [0.25, 0.3) is 0 Å². The summed E-state index contributed by atoms with van der Waals surface area (Å²) in [6.07, 6.45) is 0. The van der Waals surface area contributed by atoms with Crippen molar-refractivity contribution in [3.8, 4) is 6.07 Å². The molecule has 0 aliphatic carbocycles. The maximum atomic E-state index is 13.1. The van der Waals surface area contributed by atoms with Gasteiger partial charge in [-0.15, -0.1) is 11.3 Å². The molecule has 84 valence electrons. The third-order valence-electron chi connectivity index (χ3n) is 2.18. The summed E-state index contributed by atoms with van der Waals surface area (Å²) in [6, 6.07) is 11.6. The van der Waals surface area contributed by atoms with Crippen LogP contribution in [0.4, 0.5) is 4.39 Å². The Balaban J connectivity index is 2.54. The van der Waals surface area contributed by atoms with Gasteiger partial charge in [0.15, 0.2) is 0 Å². The Bertz CT molecular complexity index is 596. The van der Waals surface area contributed by atoms with Gasteiger partial charge in [0.2, 0.25) is 0 Å². The van der Waals surface area contributed by atoms with Crippen molar-refractivity contribution in [3.05, 3.63) is 58.0 Å². The third kappa shape index (κ3) is 2.55. The molecule has 0 radical (unpaired) electrons. The molecule has 0 aliphatic heterocycles. The lowest BCUT2D eigenvalue weighted by molar-refractivity contribution is 0.627. The number of nitriles is 1. The summed E-state index contributed by atoms with van der Waals surface area (Å²) < 4.78 is 13.1. The first-order chi connectivity index (χ1) is 8.22. The first kappa shape index (κ1) is 11.8. The van der Waals surface area contributed by atoms with Crippen molar-refractivity contribution in [2.24, 2.45) is 0 Å². The third-order valence-corrected chi connectivity index (χ3v) is 3.47. The van der Waals surface area contributed by atoms with Crippen LogP contribution in [-0.2, 0) is 0 Å². The first-order valence-electron chi connectivity index (χ1n) is 4.82. The number of halogens is 2. The Hall–Kier alpha value is -1.63. The zero-order valence-corrected chi connectivity index (χ0v) is 10.2. The summed E-state index contributed by atoms with van der Waals surface area (Å²) in [7, 11) is 0. The van der Waals surface area contributed by atoms with Crippen LogP contribution in [0.1, 0.15) is 10.4 Å². The van der Waals surface area contributed by atoms with Gasteiger partial charge in [-0.3, -0.25) is 0 Å². The highest BCUT2D eigenvalue weighted by Crippen LogP contribution is 2.31. The minimum Gasteiger partial charge on any atom is -0.207 e. The second-order valence-electron chi connectivity index (χ2n) is 3.29. The van der Waals surface area contributed by atoms with Gasteiger partial charge in [-0.2, -0.15) is 5.26 Å². The molecule has 0 spiro atoms. The molecule has 0 unspecified atom stereocenters. The Morgan fingerprint density at radius 2 is 2.12 bits per heavy atom. The van der Waals surface area contributed by atoms with Gasteiger partial charge in [0, 0.05) is 4.88 Å². The molecule has 17 heavy (non-hydrogen) atoms. The Labute approximate surface area is 107 Å². The summed E-state index contributed by atoms with van der Waals surface area (Å²) in [5.74, 6) is -0.371. The molecule has 0 saturated heterocycles. The summed E-state index contributed by atoms with van der Waals surface area (Å²) in [4.78, 5) is 0.779. The quantitative estimate of drug-likeness (QED) is 0.731. The molecule has 0 bridgehead atoms. The number of hydrogen-bond donors (Lipinski definition) is 0. The fraction of sp³-hybridized carbons (Fsp3) is 0. The molecule has 2 rings (SSSR count). The summed E-state index contributed by atoms with van der Waals surface area (Å²) in [5.41, 5.74) is 0.879. The van der Waals surface area contributed by atoms with Gasteiger partial charge in [-0.1, -0.05) is 29.8 Å². The van der Waals surface area contributed by atoms with Crippen LogP contribution in [0.25, 0.3) is 10.6 Å². The van der Waals surface area contributed by atoms with Crippen LogP contribution >= 0.6 is 22.9 Å². The highest BCUT2D eigenvalue weighted by atomic mass is 35.5. The van der Waals surface area contributed by atoms with Crippen molar-refractivity contribution in [3.63, 3.8) is 0 Å². The van der Waals surface area contributed by atoms with Gasteiger partial charge >= 0.3 is 0 Å². The average molecular weight is 264 g/mol. The number of nitrogens with zero attached hydrogens (tertiary/aromatic N) is 1. The van der Waals surface area contributed by atoms with Crippen molar-refractivity contribution >= 4 is 33.5 Å². The van der Waals surface area contributed by atoms with E-state index >= 15 is 0 Å². The molecule has 0 aliphatic rings. The van der Waals surface area contributed by atoms with Crippen LogP contribution in [0.3, 0.4) is 0 Å². The van der Waals surface area contributed by atoms with E-state index in [1.54, 1.807) is 12.1 Å². The van der Waals surface area contributed by atoms with Crippen LogP contribution in [0.5, 0.6) is 0 Å². The molecule has 1 aromatic heterocycles. The van der Waals surface area contributed by atoms with Gasteiger partial charge in [0.1, 0.15) is 11.9 Å². The molecule has 0 atom stereocenters. The van der Waals surface area contributed by atoms with E-state index in [2.05, 4.69) is 6.07 Å². The molecular weight excluding hydrogens is 257 g/mol. The smallest absolute Gasteiger partial charge is 0.123 e. The maximum absolute atomic E-state index is 13.1. The molecule has 2 aromatic rings. The average Bonchev–Trinajstić information content (AvgIpc) is 2.83. The Morgan fingerprint density at radius 3 is 2.71 bits per heavy atom.